The number of nitrogens with zero attached hydrogens (tertiary/aromatic N) is 1. The Bertz CT molecular complexity index is 249. The average Bonchev–Trinajstić information content (AvgIpc) is 2.86. The normalized spacial score (nSPS) is 26.4. The molecule has 0 radical (unpaired) electrons. The molecule has 1 amide bonds. The molecule has 3 heteroatoms. The molecule has 1 aliphatic carbocycles. The summed E-state index contributed by atoms with van der Waals surface area (Å²) >= 11 is 0. The number of likely N-dealkylation sites (tertiary alicyclic amines) is 1. The molecule has 17 heavy (non-hydrogen) atoms. The Morgan fingerprint density at radius 3 is 2.59 bits per heavy atom. The van der Waals surface area contributed by atoms with Crippen LogP contribution < -0.4 is 5.73 Å². The summed E-state index contributed by atoms with van der Waals surface area (Å²) < 4.78 is 0. The first-order valence-corrected chi connectivity index (χ1v) is 7.32. The second-order valence-electron chi connectivity index (χ2n) is 5.59. The van der Waals surface area contributed by atoms with Crippen LogP contribution in [0.15, 0.2) is 0 Å². The molecule has 98 valence electrons. The van der Waals surface area contributed by atoms with Crippen LogP contribution in [-0.4, -0.2) is 29.9 Å². The minimum absolute atomic E-state index is 0.350. The largest absolute Gasteiger partial charge is 0.339 e. The van der Waals surface area contributed by atoms with Gasteiger partial charge in [-0.1, -0.05) is 19.3 Å². The van der Waals surface area contributed by atoms with E-state index < -0.39 is 0 Å². The van der Waals surface area contributed by atoms with E-state index in [2.05, 4.69) is 4.90 Å². The van der Waals surface area contributed by atoms with Crippen LogP contribution in [-0.2, 0) is 4.79 Å². The Balaban J connectivity index is 1.89. The fraction of sp³-hybridized carbons (Fsp3) is 0.929. The highest BCUT2D eigenvalue weighted by Crippen LogP contribution is 2.34. The van der Waals surface area contributed by atoms with Crippen molar-refractivity contribution in [1.29, 1.82) is 0 Å². The minimum Gasteiger partial charge on any atom is -0.339 e. The van der Waals surface area contributed by atoms with Gasteiger partial charge in [0.05, 0.1) is 0 Å². The topological polar surface area (TPSA) is 46.3 Å². The molecule has 2 fully saturated rings. The van der Waals surface area contributed by atoms with Crippen LogP contribution in [0.25, 0.3) is 0 Å². The van der Waals surface area contributed by atoms with Gasteiger partial charge in [0, 0.05) is 19.0 Å². The molecule has 1 unspecified atom stereocenters. The van der Waals surface area contributed by atoms with E-state index in [1.807, 2.05) is 0 Å². The van der Waals surface area contributed by atoms with Crippen LogP contribution in [0.4, 0.5) is 0 Å². The number of nitrogens with two attached hydrogens (primary N) is 1. The first-order valence-electron chi connectivity index (χ1n) is 7.32. The second kappa shape index (κ2) is 6.39. The van der Waals surface area contributed by atoms with Gasteiger partial charge in [-0.15, -0.1) is 0 Å². The van der Waals surface area contributed by atoms with Gasteiger partial charge in [0.15, 0.2) is 0 Å². The van der Waals surface area contributed by atoms with Crippen molar-refractivity contribution >= 4 is 5.91 Å². The van der Waals surface area contributed by atoms with Crippen molar-refractivity contribution in [2.24, 2.45) is 11.7 Å². The number of hydrogen-bond acceptors (Lipinski definition) is 2. The summed E-state index contributed by atoms with van der Waals surface area (Å²) in [6.45, 7) is 1.62. The van der Waals surface area contributed by atoms with Crippen molar-refractivity contribution in [2.75, 3.05) is 13.1 Å². The predicted octanol–water partition coefficient (Wildman–Crippen LogP) is 2.30. The van der Waals surface area contributed by atoms with E-state index in [9.17, 15) is 4.79 Å². The molecule has 2 N–H and O–H groups in total. The van der Waals surface area contributed by atoms with Crippen LogP contribution >= 0.6 is 0 Å². The molecular formula is C14H26N2O. The summed E-state index contributed by atoms with van der Waals surface area (Å²) in [6.07, 6.45) is 10.7. The molecule has 2 aliphatic rings. The summed E-state index contributed by atoms with van der Waals surface area (Å²) in [5.41, 5.74) is 5.48. The average molecular weight is 238 g/mol. The van der Waals surface area contributed by atoms with E-state index in [4.69, 9.17) is 5.73 Å². The number of amides is 1. The number of hydrogen-bond donors (Lipinski definition) is 1. The summed E-state index contributed by atoms with van der Waals surface area (Å²) in [4.78, 5) is 14.3. The molecule has 0 spiro atoms. The van der Waals surface area contributed by atoms with E-state index >= 15 is 0 Å². The van der Waals surface area contributed by atoms with Gasteiger partial charge in [-0.25, -0.2) is 0 Å². The first kappa shape index (κ1) is 12.9. The fourth-order valence-corrected chi connectivity index (χ4v) is 3.51. The van der Waals surface area contributed by atoms with Gasteiger partial charge in [-0.05, 0) is 44.6 Å². The Morgan fingerprint density at radius 1 is 1.12 bits per heavy atom. The summed E-state index contributed by atoms with van der Waals surface area (Å²) in [5.74, 6) is 1.14. The smallest absolute Gasteiger partial charge is 0.222 e. The molecule has 1 aliphatic heterocycles. The third-order valence-electron chi connectivity index (χ3n) is 4.41. The molecule has 0 aromatic heterocycles. The number of carbonyl (C=O) groups is 1. The summed E-state index contributed by atoms with van der Waals surface area (Å²) in [6, 6.07) is 0.556. The fourth-order valence-electron chi connectivity index (χ4n) is 3.51. The third-order valence-corrected chi connectivity index (χ3v) is 4.41. The van der Waals surface area contributed by atoms with Crippen LogP contribution in [0.5, 0.6) is 0 Å². The lowest BCUT2D eigenvalue weighted by molar-refractivity contribution is -0.133. The minimum atomic E-state index is 0.350. The van der Waals surface area contributed by atoms with Gasteiger partial charge >= 0.3 is 0 Å². The quantitative estimate of drug-likeness (QED) is 0.817. The monoisotopic (exact) mass is 238 g/mol. The molecule has 2 rings (SSSR count). The number of carbonyl (C=O) groups excluding carboxylic acids is 1. The molecule has 1 saturated carbocycles. The van der Waals surface area contributed by atoms with Crippen LogP contribution in [0.1, 0.15) is 57.8 Å². The van der Waals surface area contributed by atoms with E-state index in [0.717, 1.165) is 18.9 Å². The molecule has 1 heterocycles. The van der Waals surface area contributed by atoms with E-state index in [1.54, 1.807) is 0 Å². The highest BCUT2D eigenvalue weighted by molar-refractivity contribution is 5.76. The lowest BCUT2D eigenvalue weighted by Crippen LogP contribution is -2.40. The molecule has 1 saturated heterocycles. The SMILES string of the molecule is NCCCC(=O)N1CCCC1C1CCCCC1. The maximum atomic E-state index is 12.1. The van der Waals surface area contributed by atoms with Crippen molar-refractivity contribution in [3.05, 3.63) is 0 Å². The molecule has 1 atom stereocenters. The maximum Gasteiger partial charge on any atom is 0.222 e. The third kappa shape index (κ3) is 3.21. The lowest BCUT2D eigenvalue weighted by atomic mass is 9.83. The zero-order valence-corrected chi connectivity index (χ0v) is 10.9. The molecule has 0 aromatic carbocycles. The van der Waals surface area contributed by atoms with Crippen molar-refractivity contribution in [1.82, 2.24) is 4.90 Å². The molecule has 3 nitrogen and oxygen atoms in total. The maximum absolute atomic E-state index is 12.1. The van der Waals surface area contributed by atoms with Gasteiger partial charge in [0.2, 0.25) is 5.91 Å². The van der Waals surface area contributed by atoms with Crippen LogP contribution in [0.2, 0.25) is 0 Å². The van der Waals surface area contributed by atoms with Crippen molar-refractivity contribution in [3.63, 3.8) is 0 Å². The molecular weight excluding hydrogens is 212 g/mol. The Hall–Kier alpha value is -0.570. The van der Waals surface area contributed by atoms with Gasteiger partial charge < -0.3 is 10.6 Å². The molecule has 0 bridgehead atoms. The molecule has 0 aromatic rings. The first-order chi connectivity index (χ1) is 8.33. The van der Waals surface area contributed by atoms with E-state index in [0.29, 0.717) is 24.9 Å². The standard InChI is InChI=1S/C14H26N2O/c15-10-4-9-14(17)16-11-5-8-13(16)12-6-2-1-3-7-12/h12-13H,1-11,15H2. The number of rotatable bonds is 4. The zero-order chi connectivity index (χ0) is 12.1. The van der Waals surface area contributed by atoms with Crippen molar-refractivity contribution in [3.8, 4) is 0 Å². The Morgan fingerprint density at radius 2 is 1.88 bits per heavy atom. The highest BCUT2D eigenvalue weighted by atomic mass is 16.2. The summed E-state index contributed by atoms with van der Waals surface area (Å²) in [7, 11) is 0. The van der Waals surface area contributed by atoms with Crippen molar-refractivity contribution < 1.29 is 4.79 Å². The Kier molecular flexibility index (Phi) is 4.84. The second-order valence-corrected chi connectivity index (χ2v) is 5.59. The Labute approximate surface area is 105 Å². The zero-order valence-electron chi connectivity index (χ0n) is 10.9. The van der Waals surface area contributed by atoms with Gasteiger partial charge in [0.1, 0.15) is 0 Å². The van der Waals surface area contributed by atoms with Gasteiger partial charge in [-0.3, -0.25) is 4.79 Å². The van der Waals surface area contributed by atoms with Gasteiger partial charge in [-0.2, -0.15) is 0 Å². The van der Waals surface area contributed by atoms with Crippen LogP contribution in [0.3, 0.4) is 0 Å². The van der Waals surface area contributed by atoms with Crippen molar-refractivity contribution in [2.45, 2.75) is 63.8 Å². The van der Waals surface area contributed by atoms with E-state index in [1.165, 1.54) is 44.9 Å². The summed E-state index contributed by atoms with van der Waals surface area (Å²) in [5, 5.41) is 0. The van der Waals surface area contributed by atoms with Gasteiger partial charge in [0.25, 0.3) is 0 Å². The predicted molar refractivity (Wildman–Crippen MR) is 69.6 cm³/mol. The highest BCUT2D eigenvalue weighted by Gasteiger charge is 2.34. The lowest BCUT2D eigenvalue weighted by Gasteiger charge is -2.34. The van der Waals surface area contributed by atoms with E-state index in [-0.39, 0.29) is 0 Å². The van der Waals surface area contributed by atoms with Crippen LogP contribution in [0, 0.1) is 5.92 Å².